The number of H-pyrrole nitrogens is 1. The van der Waals surface area contributed by atoms with Gasteiger partial charge in [-0.1, -0.05) is 62.3 Å². The maximum atomic E-state index is 12.2. The van der Waals surface area contributed by atoms with Gasteiger partial charge in [-0.2, -0.15) is 26.4 Å². The van der Waals surface area contributed by atoms with E-state index in [9.17, 15) is 34.2 Å². The third-order valence-electron chi connectivity index (χ3n) is 25.4. The summed E-state index contributed by atoms with van der Waals surface area (Å²) in [6, 6.07) is 1.23. The van der Waals surface area contributed by atoms with Gasteiger partial charge in [0.15, 0.2) is 30.5 Å². The molecule has 13 rings (SSSR count). The summed E-state index contributed by atoms with van der Waals surface area (Å²) in [5, 5.41) is 19.2. The molecule has 8 unspecified atom stereocenters. The number of carbonyl (C=O) groups excluding carboxylic acids is 3. The van der Waals surface area contributed by atoms with Crippen LogP contribution in [-0.2, 0) is 119 Å². The molecule has 12 fully saturated rings. The van der Waals surface area contributed by atoms with Crippen LogP contribution in [0.2, 0.25) is 0 Å². The van der Waals surface area contributed by atoms with Crippen LogP contribution in [0.3, 0.4) is 0 Å². The molecule has 12 aliphatic rings. The van der Waals surface area contributed by atoms with E-state index in [1.165, 1.54) is 37.6 Å². The number of rotatable bonds is 20. The Balaban J connectivity index is 0.000000342. The Labute approximate surface area is 757 Å². The summed E-state index contributed by atoms with van der Waals surface area (Å²) in [6.07, 6.45) is -1.15. The van der Waals surface area contributed by atoms with Crippen LogP contribution in [0, 0.1) is 186 Å². The van der Waals surface area contributed by atoms with E-state index < -0.39 is 94.3 Å². The molecule has 8 bridgehead atoms. The number of methoxy groups -OCH3 is 6. The van der Waals surface area contributed by atoms with Crippen molar-refractivity contribution in [1.29, 1.82) is 0 Å². The molecule has 0 aliphatic carbocycles. The smallest absolute Gasteiger partial charge is 0.330 e. The number of aromatic nitrogens is 2. The van der Waals surface area contributed by atoms with Crippen LogP contribution in [0.15, 0.2) is 21.9 Å². The third-order valence-corrected chi connectivity index (χ3v) is 25.4. The molecule has 35 heteroatoms. The minimum Gasteiger partial charge on any atom is -0.541 e. The summed E-state index contributed by atoms with van der Waals surface area (Å²) in [5.41, 5.74) is -4.37. The summed E-state index contributed by atoms with van der Waals surface area (Å²) >= 11 is 0. The van der Waals surface area contributed by atoms with Crippen LogP contribution in [0.25, 0.3) is 0 Å². The zero-order chi connectivity index (χ0) is 80.8. The van der Waals surface area contributed by atoms with Gasteiger partial charge in [-0.15, -0.1) is 0 Å². The van der Waals surface area contributed by atoms with Crippen molar-refractivity contribution < 1.29 is 253 Å². The predicted octanol–water partition coefficient (Wildman–Crippen LogP) is 6.81. The van der Waals surface area contributed by atoms with E-state index in [0.29, 0.717) is 51.1 Å². The van der Waals surface area contributed by atoms with Crippen LogP contribution in [0.4, 0.5) is 0 Å². The number of nitrogens with one attached hydrogen (secondary N) is 1. The summed E-state index contributed by atoms with van der Waals surface area (Å²) in [5.74, 6) is -0.928. The molecule has 1 aromatic rings. The van der Waals surface area contributed by atoms with E-state index in [-0.39, 0.29) is 238 Å². The number of hydrogen-bond donors (Lipinski definition) is 3. The number of esters is 3. The number of hydrogen-bond acceptors (Lipinski definition) is 29. The van der Waals surface area contributed by atoms with Crippen molar-refractivity contribution in [2.75, 3.05) is 69.1 Å². The molecule has 0 radical (unpaired) electrons. The SMILES string of the molecule is CC(O)[C@@]12CO[C@@H]([CH-]O1)[C@@H]2C.CC[C@]1(C(C)OC)OC(OC(C)=O)[C@H](OC(C)=O)[C@@H]1C.CC[C@]1(C(C)OC)O[C@@H](n2ccc(=O)[nH]c2=O)[C@H](OC(C)=O)[C@@H]1C.CC[C@]1(C(C)OC)O[C@@H]2OC(C)(C)O[C@@H]2[C@@H]1C.COC(C)[C@@]12CO[C@@H]([CH-]O1)[C@@H]2C.COC(C)[C@@]12CO[C@@H]([CH-]O1)[C@@H]2C.COC(C)[C@@]12CO[C@@H]([CH-]O1)[C@@H]2O.[U].[U].[U].[U]. The van der Waals surface area contributed by atoms with Crippen molar-refractivity contribution in [3.63, 3.8) is 0 Å². The Bertz CT molecular complexity index is 3070. The fourth-order valence-electron chi connectivity index (χ4n) is 17.2. The first-order valence-corrected chi connectivity index (χ1v) is 37.9. The summed E-state index contributed by atoms with van der Waals surface area (Å²) in [7, 11) is 9.91. The molecule has 13 heterocycles. The first-order chi connectivity index (χ1) is 50.7. The summed E-state index contributed by atoms with van der Waals surface area (Å²) in [4.78, 5) is 59.7. The number of aliphatic hydroxyl groups is 2. The average molecular weight is 2500 g/mol. The van der Waals surface area contributed by atoms with Gasteiger partial charge in [0.05, 0.1) is 92.1 Å². The van der Waals surface area contributed by atoms with Crippen molar-refractivity contribution in [2.24, 2.45) is 35.5 Å². The van der Waals surface area contributed by atoms with E-state index in [4.69, 9.17) is 104 Å². The molecule has 3 N–H and O–H groups in total. The molecule has 31 nitrogen and oxygen atoms in total. The van der Waals surface area contributed by atoms with Crippen molar-refractivity contribution in [2.45, 2.75) is 320 Å². The molecule has 12 aliphatic heterocycles. The van der Waals surface area contributed by atoms with Crippen molar-refractivity contribution in [3.05, 3.63) is 59.5 Å². The second kappa shape index (κ2) is 44.7. The van der Waals surface area contributed by atoms with Gasteiger partial charge in [0, 0.05) is 218 Å². The summed E-state index contributed by atoms with van der Waals surface area (Å²) in [6.45, 7) is 48.7. The molecule has 0 amide bonds. The van der Waals surface area contributed by atoms with Gasteiger partial charge in [0.1, 0.15) is 28.5 Å². The van der Waals surface area contributed by atoms with E-state index in [1.807, 2.05) is 90.0 Å². The van der Waals surface area contributed by atoms with Gasteiger partial charge in [-0.25, -0.2) is 4.79 Å². The monoisotopic (exact) mass is 2500 g/mol. The van der Waals surface area contributed by atoms with Crippen LogP contribution in [0.5, 0.6) is 0 Å². The number of aromatic amines is 1. The maximum Gasteiger partial charge on any atom is 0.330 e. The van der Waals surface area contributed by atoms with E-state index >= 15 is 0 Å². The molecule has 1 aromatic heterocycles. The molecule has 31 atom stereocenters. The average Bonchev–Trinajstić information content (AvgIpc) is 1.60. The van der Waals surface area contributed by atoms with Gasteiger partial charge in [0.25, 0.3) is 5.56 Å². The minimum absolute atomic E-state index is 0. The van der Waals surface area contributed by atoms with Gasteiger partial charge in [0.2, 0.25) is 6.29 Å². The number of nitrogens with zero attached hydrogens (tertiary/aromatic N) is 1. The Morgan fingerprint density at radius 2 is 0.848 bits per heavy atom. The molecule has 12 saturated heterocycles. The molecular weight excluding hydrogens is 2370 g/mol. The van der Waals surface area contributed by atoms with Gasteiger partial charge in [-0.3, -0.25) is 28.7 Å². The Morgan fingerprint density at radius 1 is 0.491 bits per heavy atom. The first kappa shape index (κ1) is 107. The molecule has 0 spiro atoms. The normalized spacial score (nSPS) is 40.3. The van der Waals surface area contributed by atoms with E-state index in [2.05, 4.69) is 32.7 Å². The van der Waals surface area contributed by atoms with Crippen molar-refractivity contribution >= 4 is 17.9 Å². The van der Waals surface area contributed by atoms with Gasteiger partial charge >= 0.3 is 23.6 Å². The van der Waals surface area contributed by atoms with Crippen LogP contribution in [0.1, 0.15) is 171 Å². The molecule has 112 heavy (non-hydrogen) atoms. The van der Waals surface area contributed by atoms with Crippen molar-refractivity contribution in [3.8, 4) is 0 Å². The largest absolute Gasteiger partial charge is 0.541 e. The summed E-state index contributed by atoms with van der Waals surface area (Å²) < 4.78 is 123. The fourth-order valence-corrected chi connectivity index (χ4v) is 17.2. The molecule has 0 aromatic carbocycles. The number of ether oxygens (including phenoxy) is 22. The number of carbonyl (C=O) groups is 3. The number of fused-ring (bicyclic) bond motifs is 9. The van der Waals surface area contributed by atoms with Gasteiger partial charge in [-0.05, 0) is 124 Å². The predicted molar refractivity (Wildman–Crippen MR) is 386 cm³/mol. The number of aliphatic hydroxyl groups excluding tert-OH is 2. The molecule has 0 saturated carbocycles. The molecular formula is C77H128N2O29U4-4. The Hall–Kier alpha value is 0.458. The Morgan fingerprint density at radius 3 is 1.16 bits per heavy atom. The third kappa shape index (κ3) is 21.6. The van der Waals surface area contributed by atoms with Gasteiger partial charge < -0.3 is 114 Å². The quantitative estimate of drug-likeness (QED) is 0.0685. The van der Waals surface area contributed by atoms with Crippen LogP contribution < -0.4 is 11.2 Å². The zero-order valence-electron chi connectivity index (χ0n) is 70.6. The van der Waals surface area contributed by atoms with Crippen molar-refractivity contribution in [1.82, 2.24) is 9.55 Å². The van der Waals surface area contributed by atoms with E-state index in [1.54, 1.807) is 76.0 Å². The Kier molecular flexibility index (Phi) is 42.5. The minimum atomic E-state index is -0.899. The second-order valence-corrected chi connectivity index (χ2v) is 30.8. The standard InChI is InChI=1S/C16H24N2O6.C14H24O6.C13H24O4.2C9H15O3.C8H13O4.C8H13O3.4U/c1-6-16(10(3)22-5)9(2)13(23-11(4)19)14(24-16)18-8-7-12(20)17-15(18)21;1-7-14(9(3)17-6)8(2)12(18-10(4)15)13(20-14)19-11(5)16;1-7-13(9(3)14-6)8(2)10-11(17-13)16-12(4,5)15-10;2*1-6-8-4-12-9(6,5-11-8)7(2)10-3;1-5(10-2)8-4-11-6(3-12-8)7(8)9;1-5-7-3-11-8(5,4-10-7)6(2)9;;;;/h7-10,13-14H,6H2,1-5H3,(H,17,20,21);8-9,12-13H,7H2,1-6H3;8-11H,7H2,1-6H3;2*4,6-8H,5H2,1-3H3;3,5-7,9H,4H2,1-2H3;3,5-7,9H,4H2,1-2H3;;;;/q;;;4*-1;;;;/t9-,10?,13+,14+,16-;8-,9?,12+,13?,14-;8-,9?,10+,11-,13-;2*6-,7?,8-,9-;5?,6-,7-,8+;5-,6?,7-,8-;;;;/m0000000..../s1. The topological polar surface area (TPSA) is 350 Å². The van der Waals surface area contributed by atoms with Crippen LogP contribution >= 0.6 is 0 Å². The first-order valence-electron chi connectivity index (χ1n) is 37.9. The fraction of sp³-hybridized carbons (Fsp3) is 0.857. The second-order valence-electron chi connectivity index (χ2n) is 30.8. The zero-order valence-corrected chi connectivity index (χ0v) is 87.3. The molecule has 640 valence electrons. The van der Waals surface area contributed by atoms with E-state index in [0.717, 1.165) is 6.42 Å². The maximum absolute atomic E-state index is 12.2. The van der Waals surface area contributed by atoms with Crippen LogP contribution in [-0.4, -0.2) is 256 Å².